The third-order valence-corrected chi connectivity index (χ3v) is 4.60. The van der Waals surface area contributed by atoms with Gasteiger partial charge in [-0.25, -0.2) is 0 Å². The van der Waals surface area contributed by atoms with E-state index in [1.54, 1.807) is 6.07 Å². The lowest BCUT2D eigenvalue weighted by atomic mass is 9.89. The van der Waals surface area contributed by atoms with Crippen molar-refractivity contribution in [3.05, 3.63) is 29.8 Å². The highest BCUT2D eigenvalue weighted by Gasteiger charge is 2.31. The van der Waals surface area contributed by atoms with Crippen molar-refractivity contribution in [2.45, 2.75) is 31.7 Å². The van der Waals surface area contributed by atoms with Gasteiger partial charge in [-0.1, -0.05) is 25.0 Å². The number of piperazine rings is 1. The monoisotopic (exact) mass is 260 g/mol. The Morgan fingerprint density at radius 1 is 1.16 bits per heavy atom. The molecule has 2 aliphatic rings. The van der Waals surface area contributed by atoms with Crippen molar-refractivity contribution >= 4 is 0 Å². The molecule has 3 nitrogen and oxygen atoms in total. The predicted molar refractivity (Wildman–Crippen MR) is 77.2 cm³/mol. The zero-order chi connectivity index (χ0) is 13.1. The highest BCUT2D eigenvalue weighted by Crippen LogP contribution is 2.40. The zero-order valence-corrected chi connectivity index (χ0v) is 11.5. The van der Waals surface area contributed by atoms with E-state index >= 15 is 0 Å². The first kappa shape index (κ1) is 12.9. The van der Waals surface area contributed by atoms with E-state index in [0.29, 0.717) is 11.8 Å². The van der Waals surface area contributed by atoms with E-state index in [-0.39, 0.29) is 0 Å². The molecule has 1 aromatic carbocycles. The molecule has 0 radical (unpaired) electrons. The van der Waals surface area contributed by atoms with Gasteiger partial charge in [-0.2, -0.15) is 0 Å². The van der Waals surface area contributed by atoms with Gasteiger partial charge in [-0.15, -0.1) is 0 Å². The Morgan fingerprint density at radius 2 is 1.89 bits per heavy atom. The number of hydrogen-bond donors (Lipinski definition) is 2. The SMILES string of the molecule is Oc1cccc([C@@H](C2CCCC2)N2CCNCC2)c1. The number of nitrogens with zero attached hydrogens (tertiary/aromatic N) is 1. The molecule has 1 atom stereocenters. The Labute approximate surface area is 115 Å². The molecule has 104 valence electrons. The largest absolute Gasteiger partial charge is 0.508 e. The fourth-order valence-corrected chi connectivity index (χ4v) is 3.72. The van der Waals surface area contributed by atoms with Crippen LogP contribution in [0.4, 0.5) is 0 Å². The molecule has 3 heteroatoms. The van der Waals surface area contributed by atoms with Gasteiger partial charge < -0.3 is 10.4 Å². The average molecular weight is 260 g/mol. The number of phenols is 1. The first-order valence-corrected chi connectivity index (χ1v) is 7.58. The first-order chi connectivity index (χ1) is 9.34. The van der Waals surface area contributed by atoms with Gasteiger partial charge >= 0.3 is 0 Å². The molecule has 1 aromatic rings. The highest BCUT2D eigenvalue weighted by molar-refractivity contribution is 5.30. The second-order valence-electron chi connectivity index (χ2n) is 5.87. The summed E-state index contributed by atoms with van der Waals surface area (Å²) >= 11 is 0. The van der Waals surface area contributed by atoms with Gasteiger partial charge in [0.15, 0.2) is 0 Å². The van der Waals surface area contributed by atoms with Crippen LogP contribution in [0.15, 0.2) is 24.3 Å². The van der Waals surface area contributed by atoms with Crippen LogP contribution in [0.2, 0.25) is 0 Å². The third kappa shape index (κ3) is 2.93. The van der Waals surface area contributed by atoms with Crippen molar-refractivity contribution in [2.24, 2.45) is 5.92 Å². The zero-order valence-electron chi connectivity index (χ0n) is 11.5. The van der Waals surface area contributed by atoms with Gasteiger partial charge in [-0.3, -0.25) is 4.90 Å². The third-order valence-electron chi connectivity index (χ3n) is 4.60. The molecule has 19 heavy (non-hydrogen) atoms. The molecular formula is C16H24N2O. The van der Waals surface area contributed by atoms with E-state index in [1.807, 2.05) is 12.1 Å². The van der Waals surface area contributed by atoms with Crippen molar-refractivity contribution in [3.63, 3.8) is 0 Å². The van der Waals surface area contributed by atoms with Gasteiger partial charge in [-0.05, 0) is 36.5 Å². The lowest BCUT2D eigenvalue weighted by Gasteiger charge is -2.38. The molecule has 3 rings (SSSR count). The molecule has 1 aliphatic carbocycles. The van der Waals surface area contributed by atoms with Gasteiger partial charge in [0, 0.05) is 32.2 Å². The smallest absolute Gasteiger partial charge is 0.115 e. The molecule has 0 aromatic heterocycles. The maximum atomic E-state index is 9.77. The fourth-order valence-electron chi connectivity index (χ4n) is 3.72. The van der Waals surface area contributed by atoms with Crippen LogP contribution in [-0.2, 0) is 0 Å². The Balaban J connectivity index is 1.86. The summed E-state index contributed by atoms with van der Waals surface area (Å²) in [6.45, 7) is 4.41. The normalized spacial score (nSPS) is 23.6. The van der Waals surface area contributed by atoms with Crippen LogP contribution >= 0.6 is 0 Å². The summed E-state index contributed by atoms with van der Waals surface area (Å²) in [7, 11) is 0. The molecule has 2 fully saturated rings. The van der Waals surface area contributed by atoms with Gasteiger partial charge in [0.2, 0.25) is 0 Å². The number of benzene rings is 1. The van der Waals surface area contributed by atoms with Crippen molar-refractivity contribution in [3.8, 4) is 5.75 Å². The summed E-state index contributed by atoms with van der Waals surface area (Å²) in [6, 6.07) is 8.40. The minimum Gasteiger partial charge on any atom is -0.508 e. The number of rotatable bonds is 3. The van der Waals surface area contributed by atoms with Crippen LogP contribution < -0.4 is 5.32 Å². The molecule has 1 saturated carbocycles. The fraction of sp³-hybridized carbons (Fsp3) is 0.625. The number of hydrogen-bond acceptors (Lipinski definition) is 3. The van der Waals surface area contributed by atoms with Crippen LogP contribution in [0.3, 0.4) is 0 Å². The molecule has 1 heterocycles. The number of phenolic OH excluding ortho intramolecular Hbond substituents is 1. The van der Waals surface area contributed by atoms with Crippen molar-refractivity contribution in [2.75, 3.05) is 26.2 Å². The Bertz CT molecular complexity index is 409. The average Bonchev–Trinajstić information content (AvgIpc) is 2.94. The minimum atomic E-state index is 0.399. The van der Waals surface area contributed by atoms with Crippen LogP contribution in [0.5, 0.6) is 5.75 Å². The predicted octanol–water partition coefficient (Wildman–Crippen LogP) is 2.53. The molecular weight excluding hydrogens is 236 g/mol. The van der Waals surface area contributed by atoms with E-state index in [0.717, 1.165) is 32.1 Å². The van der Waals surface area contributed by atoms with Crippen molar-refractivity contribution in [1.82, 2.24) is 10.2 Å². The molecule has 0 bridgehead atoms. The van der Waals surface area contributed by atoms with E-state index in [4.69, 9.17) is 0 Å². The van der Waals surface area contributed by atoms with Crippen LogP contribution in [0.25, 0.3) is 0 Å². The van der Waals surface area contributed by atoms with Crippen LogP contribution in [0.1, 0.15) is 37.3 Å². The van der Waals surface area contributed by atoms with E-state index in [2.05, 4.69) is 16.3 Å². The minimum absolute atomic E-state index is 0.399. The topological polar surface area (TPSA) is 35.5 Å². The number of nitrogens with one attached hydrogen (secondary N) is 1. The molecule has 0 spiro atoms. The summed E-state index contributed by atoms with van der Waals surface area (Å²) in [6.07, 6.45) is 5.41. The standard InChI is InChI=1S/C16H24N2O/c19-15-7-3-6-14(12-15)16(13-4-1-2-5-13)18-10-8-17-9-11-18/h3,6-7,12-13,16-17,19H,1-2,4-5,8-11H2/t16-/m1/s1. The maximum Gasteiger partial charge on any atom is 0.115 e. The van der Waals surface area contributed by atoms with Crippen molar-refractivity contribution in [1.29, 1.82) is 0 Å². The van der Waals surface area contributed by atoms with Gasteiger partial charge in [0.05, 0.1) is 0 Å². The summed E-state index contributed by atoms with van der Waals surface area (Å²) in [5.74, 6) is 1.16. The van der Waals surface area contributed by atoms with Crippen molar-refractivity contribution < 1.29 is 5.11 Å². The first-order valence-electron chi connectivity index (χ1n) is 7.58. The molecule has 0 amide bonds. The maximum absolute atomic E-state index is 9.77. The van der Waals surface area contributed by atoms with E-state index in [1.165, 1.54) is 31.2 Å². The molecule has 1 saturated heterocycles. The summed E-state index contributed by atoms with van der Waals surface area (Å²) in [5, 5.41) is 13.2. The molecule has 2 N–H and O–H groups in total. The lowest BCUT2D eigenvalue weighted by Crippen LogP contribution is -2.46. The quantitative estimate of drug-likeness (QED) is 0.876. The summed E-state index contributed by atoms with van der Waals surface area (Å²) in [5.41, 5.74) is 1.30. The second kappa shape index (κ2) is 5.93. The second-order valence-corrected chi connectivity index (χ2v) is 5.87. The molecule has 1 aliphatic heterocycles. The summed E-state index contributed by atoms with van der Waals surface area (Å²) < 4.78 is 0. The Morgan fingerprint density at radius 3 is 2.58 bits per heavy atom. The van der Waals surface area contributed by atoms with Crippen LogP contribution in [-0.4, -0.2) is 36.2 Å². The highest BCUT2D eigenvalue weighted by atomic mass is 16.3. The Kier molecular flexibility index (Phi) is 4.04. The number of aromatic hydroxyl groups is 1. The van der Waals surface area contributed by atoms with E-state index < -0.39 is 0 Å². The Hall–Kier alpha value is -1.06. The van der Waals surface area contributed by atoms with E-state index in [9.17, 15) is 5.11 Å². The lowest BCUT2D eigenvalue weighted by molar-refractivity contribution is 0.125. The summed E-state index contributed by atoms with van der Waals surface area (Å²) in [4.78, 5) is 2.61. The van der Waals surface area contributed by atoms with Gasteiger partial charge in [0.25, 0.3) is 0 Å². The van der Waals surface area contributed by atoms with Crippen LogP contribution in [0, 0.1) is 5.92 Å². The molecule has 0 unspecified atom stereocenters. The van der Waals surface area contributed by atoms with Gasteiger partial charge in [0.1, 0.15) is 5.75 Å².